The number of carbonyl (C=O) groups excluding carboxylic acids is 1. The van der Waals surface area contributed by atoms with Crippen LogP contribution in [0.2, 0.25) is 0 Å². The number of rotatable bonds is 5. The minimum absolute atomic E-state index is 0. The van der Waals surface area contributed by atoms with Crippen molar-refractivity contribution < 1.29 is 9.21 Å². The summed E-state index contributed by atoms with van der Waals surface area (Å²) in [4.78, 5) is 19.2. The predicted molar refractivity (Wildman–Crippen MR) is 94.4 cm³/mol. The first-order valence-corrected chi connectivity index (χ1v) is 8.61. The summed E-state index contributed by atoms with van der Waals surface area (Å²) < 4.78 is 5.58. The predicted octanol–water partition coefficient (Wildman–Crippen LogP) is 3.35. The lowest BCUT2D eigenvalue weighted by molar-refractivity contribution is 0.0687. The first-order chi connectivity index (χ1) is 10.7. The van der Waals surface area contributed by atoms with E-state index in [2.05, 4.69) is 17.2 Å². The Morgan fingerprint density at radius 1 is 1.52 bits per heavy atom. The van der Waals surface area contributed by atoms with Crippen LogP contribution < -0.4 is 5.32 Å². The Kier molecular flexibility index (Phi) is 6.21. The molecule has 1 N–H and O–H groups in total. The zero-order chi connectivity index (χ0) is 15.5. The number of halogens is 1. The number of hydrogen-bond acceptors (Lipinski definition) is 5. The summed E-state index contributed by atoms with van der Waals surface area (Å²) >= 11 is 1.45. The Labute approximate surface area is 146 Å². The molecule has 2 aromatic rings. The van der Waals surface area contributed by atoms with Gasteiger partial charge in [0.1, 0.15) is 11.5 Å². The van der Waals surface area contributed by atoms with Crippen LogP contribution in [0.15, 0.2) is 21.9 Å². The molecule has 3 heterocycles. The molecule has 1 unspecified atom stereocenters. The van der Waals surface area contributed by atoms with E-state index in [0.717, 1.165) is 49.0 Å². The number of hydrogen-bond donors (Lipinski definition) is 1. The molecule has 23 heavy (non-hydrogen) atoms. The highest BCUT2D eigenvalue weighted by Gasteiger charge is 2.28. The van der Waals surface area contributed by atoms with Crippen molar-refractivity contribution in [1.29, 1.82) is 0 Å². The number of carbonyl (C=O) groups is 1. The van der Waals surface area contributed by atoms with E-state index in [1.807, 2.05) is 29.3 Å². The Hall–Kier alpha value is -1.37. The van der Waals surface area contributed by atoms with E-state index < -0.39 is 0 Å². The minimum atomic E-state index is 0. The zero-order valence-electron chi connectivity index (χ0n) is 13.4. The molecule has 0 spiro atoms. The summed E-state index contributed by atoms with van der Waals surface area (Å²) in [7, 11) is 0. The second-order valence-corrected chi connectivity index (χ2v) is 6.45. The van der Waals surface area contributed by atoms with Crippen molar-refractivity contribution in [2.45, 2.75) is 32.7 Å². The lowest BCUT2D eigenvalue weighted by Gasteiger charge is -2.27. The summed E-state index contributed by atoms with van der Waals surface area (Å²) in [5, 5.41) is 5.92. The molecule has 0 saturated carbocycles. The second kappa shape index (κ2) is 7.95. The summed E-state index contributed by atoms with van der Waals surface area (Å²) in [5.41, 5.74) is 0.523. The van der Waals surface area contributed by atoms with Gasteiger partial charge in [-0.3, -0.25) is 4.79 Å². The number of amides is 1. The minimum Gasteiger partial charge on any atom is -0.459 e. The first-order valence-electron chi connectivity index (χ1n) is 7.73. The van der Waals surface area contributed by atoms with Gasteiger partial charge < -0.3 is 14.6 Å². The highest BCUT2D eigenvalue weighted by atomic mass is 35.5. The SMILES string of the molecule is CCCN(C(=O)c1csc(-c2ccc(C)o2)n1)C1CCNC1.Cl. The van der Waals surface area contributed by atoms with Crippen molar-refractivity contribution in [2.75, 3.05) is 19.6 Å². The highest BCUT2D eigenvalue weighted by Crippen LogP contribution is 2.26. The Morgan fingerprint density at radius 2 is 2.35 bits per heavy atom. The van der Waals surface area contributed by atoms with E-state index in [0.29, 0.717) is 5.69 Å². The zero-order valence-corrected chi connectivity index (χ0v) is 15.0. The number of aromatic nitrogens is 1. The maximum atomic E-state index is 12.8. The fourth-order valence-corrected chi connectivity index (χ4v) is 3.53. The third kappa shape index (κ3) is 3.94. The van der Waals surface area contributed by atoms with Crippen LogP contribution in [-0.2, 0) is 0 Å². The number of furan rings is 1. The molecule has 1 atom stereocenters. The van der Waals surface area contributed by atoms with Crippen molar-refractivity contribution in [3.05, 3.63) is 29.0 Å². The molecular weight excluding hydrogens is 334 g/mol. The van der Waals surface area contributed by atoms with Gasteiger partial charge in [-0.2, -0.15) is 0 Å². The average molecular weight is 356 g/mol. The molecule has 1 fully saturated rings. The fourth-order valence-electron chi connectivity index (χ4n) is 2.78. The molecule has 1 aliphatic heterocycles. The number of nitrogens with one attached hydrogen (secondary N) is 1. The van der Waals surface area contributed by atoms with Gasteiger partial charge in [0.05, 0.1) is 0 Å². The van der Waals surface area contributed by atoms with Gasteiger partial charge in [-0.05, 0) is 38.4 Å². The quantitative estimate of drug-likeness (QED) is 0.893. The van der Waals surface area contributed by atoms with Gasteiger partial charge >= 0.3 is 0 Å². The maximum Gasteiger partial charge on any atom is 0.273 e. The van der Waals surface area contributed by atoms with Crippen molar-refractivity contribution in [1.82, 2.24) is 15.2 Å². The molecule has 0 aliphatic carbocycles. The van der Waals surface area contributed by atoms with E-state index in [9.17, 15) is 4.79 Å². The van der Waals surface area contributed by atoms with E-state index >= 15 is 0 Å². The maximum absolute atomic E-state index is 12.8. The van der Waals surface area contributed by atoms with Gasteiger partial charge in [0, 0.05) is 24.5 Å². The van der Waals surface area contributed by atoms with Crippen molar-refractivity contribution in [2.24, 2.45) is 0 Å². The summed E-state index contributed by atoms with van der Waals surface area (Å²) in [6.07, 6.45) is 1.97. The van der Waals surface area contributed by atoms with Crippen molar-refractivity contribution in [3.63, 3.8) is 0 Å². The van der Waals surface area contributed by atoms with Crippen LogP contribution in [0.4, 0.5) is 0 Å². The normalized spacial score (nSPS) is 17.0. The molecule has 0 radical (unpaired) electrons. The topological polar surface area (TPSA) is 58.4 Å². The molecule has 1 aliphatic rings. The van der Waals surface area contributed by atoms with Gasteiger partial charge in [0.25, 0.3) is 5.91 Å². The first kappa shape index (κ1) is 18.0. The lowest BCUT2D eigenvalue weighted by Crippen LogP contribution is -2.42. The van der Waals surface area contributed by atoms with Gasteiger partial charge in [0.15, 0.2) is 10.8 Å². The van der Waals surface area contributed by atoms with Crippen LogP contribution in [0.3, 0.4) is 0 Å². The Balaban J connectivity index is 0.00000192. The molecule has 0 aromatic carbocycles. The van der Waals surface area contributed by atoms with Gasteiger partial charge in [0.2, 0.25) is 0 Å². The molecular formula is C16H22ClN3O2S. The number of thiazole rings is 1. The molecule has 5 nitrogen and oxygen atoms in total. The molecule has 126 valence electrons. The molecule has 1 amide bonds. The standard InChI is InChI=1S/C16H21N3O2S.ClH/c1-3-8-19(12-6-7-17-9-12)16(20)13-10-22-15(18-13)14-5-4-11(2)21-14;/h4-5,10,12,17H,3,6-9H2,1-2H3;1H. The van der Waals surface area contributed by atoms with Crippen LogP contribution in [-0.4, -0.2) is 41.5 Å². The summed E-state index contributed by atoms with van der Waals surface area (Å²) in [6.45, 7) is 6.63. The second-order valence-electron chi connectivity index (χ2n) is 5.59. The van der Waals surface area contributed by atoms with Crippen molar-refractivity contribution in [3.8, 4) is 10.8 Å². The largest absolute Gasteiger partial charge is 0.459 e. The highest BCUT2D eigenvalue weighted by molar-refractivity contribution is 7.13. The third-order valence-corrected chi connectivity index (χ3v) is 4.73. The average Bonchev–Trinajstić information content (AvgIpc) is 3.24. The van der Waals surface area contributed by atoms with E-state index in [1.54, 1.807) is 0 Å². The molecule has 0 bridgehead atoms. The lowest BCUT2D eigenvalue weighted by atomic mass is 10.2. The molecule has 7 heteroatoms. The summed E-state index contributed by atoms with van der Waals surface area (Å²) in [6, 6.07) is 4.09. The van der Waals surface area contributed by atoms with E-state index in [-0.39, 0.29) is 24.4 Å². The van der Waals surface area contributed by atoms with Crippen molar-refractivity contribution >= 4 is 29.7 Å². The van der Waals surface area contributed by atoms with Crippen LogP contribution in [0, 0.1) is 6.92 Å². The van der Waals surface area contributed by atoms with Crippen LogP contribution in [0.5, 0.6) is 0 Å². The molecule has 3 rings (SSSR count). The van der Waals surface area contributed by atoms with Gasteiger partial charge in [-0.25, -0.2) is 4.98 Å². The Morgan fingerprint density at radius 3 is 2.96 bits per heavy atom. The van der Waals surface area contributed by atoms with Gasteiger partial charge in [-0.1, -0.05) is 6.92 Å². The van der Waals surface area contributed by atoms with Crippen LogP contribution in [0.1, 0.15) is 36.0 Å². The fraction of sp³-hybridized carbons (Fsp3) is 0.500. The van der Waals surface area contributed by atoms with Crippen LogP contribution in [0.25, 0.3) is 10.8 Å². The van der Waals surface area contributed by atoms with E-state index in [1.165, 1.54) is 11.3 Å². The van der Waals surface area contributed by atoms with Gasteiger partial charge in [-0.15, -0.1) is 23.7 Å². The third-order valence-electron chi connectivity index (χ3n) is 3.87. The smallest absolute Gasteiger partial charge is 0.273 e. The van der Waals surface area contributed by atoms with Crippen LogP contribution >= 0.6 is 23.7 Å². The van der Waals surface area contributed by atoms with E-state index in [4.69, 9.17) is 4.42 Å². The number of aryl methyl sites for hydroxylation is 1. The molecule has 2 aromatic heterocycles. The number of nitrogens with zero attached hydrogens (tertiary/aromatic N) is 2. The molecule has 1 saturated heterocycles. The monoisotopic (exact) mass is 355 g/mol. The summed E-state index contributed by atoms with van der Waals surface area (Å²) in [5.74, 6) is 1.61. The Bertz CT molecular complexity index is 649.